The summed E-state index contributed by atoms with van der Waals surface area (Å²) in [4.78, 5) is 4.41. The number of thiocarbonyl (C=S) groups is 2. The zero-order valence-corrected chi connectivity index (χ0v) is 17.6. The van der Waals surface area contributed by atoms with Crippen LogP contribution < -0.4 is 0 Å². The van der Waals surface area contributed by atoms with Crippen molar-refractivity contribution in [2.24, 2.45) is 0 Å². The summed E-state index contributed by atoms with van der Waals surface area (Å²) in [7, 11) is 0. The van der Waals surface area contributed by atoms with Crippen LogP contribution in [0.4, 0.5) is 0 Å². The van der Waals surface area contributed by atoms with E-state index in [0.717, 1.165) is 0 Å². The van der Waals surface area contributed by atoms with Crippen LogP contribution in [0, 0.1) is 0 Å². The minimum absolute atomic E-state index is 0. The molecule has 2 fully saturated rings. The van der Waals surface area contributed by atoms with Crippen molar-refractivity contribution >= 4 is 89.4 Å². The van der Waals surface area contributed by atoms with Gasteiger partial charge in [0, 0.05) is 26.2 Å². The zero-order valence-electron chi connectivity index (χ0n) is 11.9. The van der Waals surface area contributed by atoms with E-state index in [4.69, 9.17) is 24.4 Å². The highest BCUT2D eigenvalue weighted by Crippen LogP contribution is 2.06. The predicted molar refractivity (Wildman–Crippen MR) is 120 cm³/mol. The van der Waals surface area contributed by atoms with Gasteiger partial charge in [-0.15, -0.1) is 0 Å². The topological polar surface area (TPSA) is 6.48 Å². The second kappa shape index (κ2) is 20.2. The van der Waals surface area contributed by atoms with Crippen molar-refractivity contribution in [1.82, 2.24) is 9.80 Å². The molecule has 124 valence electrons. The molecule has 0 aromatic heterocycles. The van der Waals surface area contributed by atoms with Gasteiger partial charge in [-0.25, -0.2) is 0 Å². The van der Waals surface area contributed by atoms with Gasteiger partial charge >= 0.3 is 0 Å². The summed E-state index contributed by atoms with van der Waals surface area (Å²) in [5, 5.41) is 0. The van der Waals surface area contributed by atoms with E-state index < -0.39 is 0 Å². The van der Waals surface area contributed by atoms with Crippen LogP contribution in [0.2, 0.25) is 0 Å². The first-order valence-corrected chi connectivity index (χ1v) is 7.20. The molecule has 0 N–H and O–H groups in total. The molecule has 2 heterocycles. The molecule has 0 aliphatic carbocycles. The second-order valence-corrected chi connectivity index (χ2v) is 4.83. The highest BCUT2D eigenvalue weighted by atomic mass is 32.1. The van der Waals surface area contributed by atoms with Gasteiger partial charge in [-0.3, -0.25) is 0 Å². The van der Waals surface area contributed by atoms with Crippen LogP contribution in [0.3, 0.4) is 0 Å². The van der Waals surface area contributed by atoms with Crippen LogP contribution in [0.5, 0.6) is 0 Å². The number of hydrogen-bond acceptors (Lipinski definition) is 2. The van der Waals surface area contributed by atoms with E-state index in [1.54, 1.807) is 11.0 Å². The van der Waals surface area contributed by atoms with E-state index >= 15 is 0 Å². The summed E-state index contributed by atoms with van der Waals surface area (Å²) in [5.41, 5.74) is 3.55. The molecule has 0 amide bonds. The van der Waals surface area contributed by atoms with Crippen LogP contribution >= 0.6 is 78.4 Å². The van der Waals surface area contributed by atoms with Crippen LogP contribution in [0.15, 0.2) is 0 Å². The molecule has 0 unspecified atom stereocenters. The summed E-state index contributed by atoms with van der Waals surface area (Å²) in [6.45, 7) is 4.74. The Balaban J connectivity index is -0.000000107. The smallest absolute Gasteiger partial charge is 0.0640 e. The fraction of sp³-hybridized carbons (Fsp3) is 0.833. The largest absolute Gasteiger partial charge is 0.369 e. The SMILES string of the molecule is S.S.S.S.S=CN1CCCCC1.S=CN1CCCCC1. The molecule has 0 saturated carbocycles. The molecular weight excluding hydrogens is 365 g/mol. The van der Waals surface area contributed by atoms with Crippen molar-refractivity contribution < 1.29 is 0 Å². The van der Waals surface area contributed by atoms with Gasteiger partial charge in [-0.2, -0.15) is 54.0 Å². The lowest BCUT2D eigenvalue weighted by Crippen LogP contribution is -2.27. The molecule has 2 saturated heterocycles. The maximum absolute atomic E-state index is 4.77. The van der Waals surface area contributed by atoms with Crippen molar-refractivity contribution in [2.75, 3.05) is 26.2 Å². The fourth-order valence-electron chi connectivity index (χ4n) is 2.05. The first kappa shape index (κ1) is 29.2. The molecule has 0 atom stereocenters. The van der Waals surface area contributed by atoms with Crippen molar-refractivity contribution in [2.45, 2.75) is 38.5 Å². The number of nitrogens with zero attached hydrogens (tertiary/aromatic N) is 2. The van der Waals surface area contributed by atoms with Gasteiger partial charge in [-0.05, 0) is 38.5 Å². The summed E-state index contributed by atoms with van der Waals surface area (Å²) in [6.07, 6.45) is 8.08. The third-order valence-corrected chi connectivity index (χ3v) is 3.68. The molecule has 20 heavy (non-hydrogen) atoms. The van der Waals surface area contributed by atoms with Crippen molar-refractivity contribution in [1.29, 1.82) is 0 Å². The molecule has 2 rings (SSSR count). The van der Waals surface area contributed by atoms with E-state index in [-0.39, 0.29) is 54.0 Å². The first-order valence-electron chi connectivity index (χ1n) is 6.25. The Morgan fingerprint density at radius 3 is 0.900 bits per heavy atom. The Bertz CT molecular complexity index is 184. The lowest BCUT2D eigenvalue weighted by Gasteiger charge is -2.23. The zero-order chi connectivity index (χ0) is 11.6. The summed E-state index contributed by atoms with van der Waals surface area (Å²) >= 11 is 9.55. The van der Waals surface area contributed by atoms with E-state index in [9.17, 15) is 0 Å². The van der Waals surface area contributed by atoms with E-state index in [2.05, 4.69) is 9.80 Å². The molecule has 0 aromatic rings. The van der Waals surface area contributed by atoms with E-state index in [1.165, 1.54) is 64.7 Å². The molecule has 0 radical (unpaired) electrons. The maximum atomic E-state index is 4.77. The highest BCUT2D eigenvalue weighted by molar-refractivity contribution is 7.79. The Morgan fingerprint density at radius 2 is 0.750 bits per heavy atom. The Morgan fingerprint density at radius 1 is 0.500 bits per heavy atom. The van der Waals surface area contributed by atoms with Gasteiger partial charge < -0.3 is 9.80 Å². The number of hydrogen-bond donors (Lipinski definition) is 0. The van der Waals surface area contributed by atoms with Gasteiger partial charge in [0.05, 0.1) is 11.0 Å². The summed E-state index contributed by atoms with van der Waals surface area (Å²) in [6, 6.07) is 0. The molecular formula is C12H30N2S6. The molecule has 0 spiro atoms. The predicted octanol–water partition coefficient (Wildman–Crippen LogP) is 3.31. The molecule has 0 aromatic carbocycles. The minimum Gasteiger partial charge on any atom is -0.369 e. The first-order chi connectivity index (χ1) is 7.86. The fourth-order valence-corrected chi connectivity index (χ4v) is 2.47. The molecule has 2 aliphatic rings. The van der Waals surface area contributed by atoms with Gasteiger partial charge in [0.1, 0.15) is 0 Å². The Hall–Kier alpha value is 1.18. The normalized spacial score (nSPS) is 16.6. The Labute approximate surface area is 163 Å². The quantitative estimate of drug-likeness (QED) is 0.663. The van der Waals surface area contributed by atoms with Crippen LogP contribution in [-0.4, -0.2) is 47.0 Å². The van der Waals surface area contributed by atoms with Gasteiger partial charge in [-0.1, -0.05) is 24.4 Å². The van der Waals surface area contributed by atoms with Gasteiger partial charge in [0.25, 0.3) is 0 Å². The summed E-state index contributed by atoms with van der Waals surface area (Å²) < 4.78 is 0. The molecule has 2 nitrogen and oxygen atoms in total. The molecule has 8 heteroatoms. The second-order valence-electron chi connectivity index (χ2n) is 4.40. The molecule has 2 aliphatic heterocycles. The van der Waals surface area contributed by atoms with Crippen LogP contribution in [-0.2, 0) is 0 Å². The highest BCUT2D eigenvalue weighted by Gasteiger charge is 2.04. The average molecular weight is 395 g/mol. The molecule has 0 bridgehead atoms. The van der Waals surface area contributed by atoms with Gasteiger partial charge in [0.15, 0.2) is 0 Å². The van der Waals surface area contributed by atoms with E-state index in [0.29, 0.717) is 0 Å². The standard InChI is InChI=1S/2C6H11NS.4H2S/c2*8-6-7-4-2-1-3-5-7;;;;/h2*6H,1-5H2;4*1H2. The number of likely N-dealkylation sites (tertiary alicyclic amines) is 2. The number of rotatable bonds is 2. The third kappa shape index (κ3) is 14.1. The third-order valence-electron chi connectivity index (χ3n) is 3.08. The minimum atomic E-state index is 0. The lowest BCUT2D eigenvalue weighted by molar-refractivity contribution is 0.355. The average Bonchev–Trinajstić information content (AvgIpc) is 2.41. The Kier molecular flexibility index (Phi) is 29.5. The van der Waals surface area contributed by atoms with Crippen LogP contribution in [0.25, 0.3) is 0 Å². The van der Waals surface area contributed by atoms with Crippen LogP contribution in [0.1, 0.15) is 38.5 Å². The van der Waals surface area contributed by atoms with Crippen molar-refractivity contribution in [3.8, 4) is 0 Å². The maximum Gasteiger partial charge on any atom is 0.0640 e. The van der Waals surface area contributed by atoms with Crippen molar-refractivity contribution in [3.05, 3.63) is 0 Å². The van der Waals surface area contributed by atoms with Gasteiger partial charge in [0.2, 0.25) is 0 Å². The van der Waals surface area contributed by atoms with E-state index in [1.807, 2.05) is 0 Å². The lowest BCUT2D eigenvalue weighted by atomic mass is 10.1. The summed E-state index contributed by atoms with van der Waals surface area (Å²) in [5.74, 6) is 0. The monoisotopic (exact) mass is 394 g/mol. The van der Waals surface area contributed by atoms with Crippen molar-refractivity contribution in [3.63, 3.8) is 0 Å². The number of piperidine rings is 2.